The molecule has 3 nitrogen and oxygen atoms in total. The smallest absolute Gasteiger partial charge is 0.141 e. The summed E-state index contributed by atoms with van der Waals surface area (Å²) in [7, 11) is 1.94. The fraction of sp³-hybridized carbons (Fsp3) is 0.667. The van der Waals surface area contributed by atoms with Crippen molar-refractivity contribution in [3.8, 4) is 0 Å². The Morgan fingerprint density at radius 1 is 1.53 bits per heavy atom. The van der Waals surface area contributed by atoms with Crippen LogP contribution in [0.3, 0.4) is 0 Å². The maximum absolute atomic E-state index is 12.9. The van der Waals surface area contributed by atoms with Crippen molar-refractivity contribution in [1.29, 1.82) is 0 Å². The number of aromatic nitrogens is 1. The lowest BCUT2D eigenvalue weighted by Gasteiger charge is -2.27. The van der Waals surface area contributed by atoms with Crippen molar-refractivity contribution >= 4 is 0 Å². The summed E-state index contributed by atoms with van der Waals surface area (Å²) in [6, 6.07) is 3.44. The zero-order chi connectivity index (χ0) is 13.8. The maximum Gasteiger partial charge on any atom is 0.141 e. The Hall–Kier alpha value is -1.00. The van der Waals surface area contributed by atoms with Gasteiger partial charge in [0.15, 0.2) is 0 Å². The van der Waals surface area contributed by atoms with Gasteiger partial charge < -0.3 is 10.2 Å². The number of halogens is 1. The molecule has 4 heteroatoms. The Bertz CT molecular complexity index is 393. The Morgan fingerprint density at radius 3 is 2.84 bits per heavy atom. The van der Waals surface area contributed by atoms with E-state index in [9.17, 15) is 4.39 Å². The van der Waals surface area contributed by atoms with Crippen LogP contribution in [-0.2, 0) is 0 Å². The molecule has 0 radical (unpaired) electrons. The Balaban J connectivity index is 1.98. The molecule has 3 unspecified atom stereocenters. The minimum Gasteiger partial charge on any atom is -0.311 e. The van der Waals surface area contributed by atoms with Crippen molar-refractivity contribution in [2.24, 2.45) is 11.8 Å². The van der Waals surface area contributed by atoms with Crippen LogP contribution in [0, 0.1) is 17.7 Å². The highest BCUT2D eigenvalue weighted by molar-refractivity contribution is 5.11. The minimum atomic E-state index is -0.278. The monoisotopic (exact) mass is 265 g/mol. The van der Waals surface area contributed by atoms with Gasteiger partial charge in [0.1, 0.15) is 5.82 Å². The first kappa shape index (κ1) is 14.4. The van der Waals surface area contributed by atoms with Gasteiger partial charge in [-0.2, -0.15) is 0 Å². The molecular formula is C15H24FN3. The Morgan fingerprint density at radius 2 is 2.32 bits per heavy atom. The second-order valence-electron chi connectivity index (χ2n) is 5.80. The molecule has 1 N–H and O–H groups in total. The van der Waals surface area contributed by atoms with Gasteiger partial charge in [-0.25, -0.2) is 4.39 Å². The molecule has 19 heavy (non-hydrogen) atoms. The van der Waals surface area contributed by atoms with Gasteiger partial charge in [0.25, 0.3) is 0 Å². The molecule has 2 heterocycles. The second kappa shape index (κ2) is 6.44. The van der Waals surface area contributed by atoms with Gasteiger partial charge in [0, 0.05) is 13.1 Å². The zero-order valence-electron chi connectivity index (χ0n) is 12.1. The predicted molar refractivity (Wildman–Crippen MR) is 75.4 cm³/mol. The van der Waals surface area contributed by atoms with Crippen LogP contribution in [-0.4, -0.2) is 36.6 Å². The Kier molecular flexibility index (Phi) is 4.88. The Labute approximate surface area is 115 Å². The molecule has 0 bridgehead atoms. The van der Waals surface area contributed by atoms with E-state index in [4.69, 9.17) is 0 Å². The van der Waals surface area contributed by atoms with E-state index in [-0.39, 0.29) is 11.9 Å². The van der Waals surface area contributed by atoms with E-state index in [2.05, 4.69) is 29.0 Å². The third-order valence-electron chi connectivity index (χ3n) is 4.00. The average Bonchev–Trinajstić information content (AvgIpc) is 2.78. The van der Waals surface area contributed by atoms with E-state index in [1.807, 2.05) is 7.05 Å². The number of nitrogens with one attached hydrogen (secondary N) is 1. The first-order chi connectivity index (χ1) is 9.10. The summed E-state index contributed by atoms with van der Waals surface area (Å²) < 4.78 is 12.9. The molecule has 0 spiro atoms. The van der Waals surface area contributed by atoms with Crippen molar-refractivity contribution < 1.29 is 4.39 Å². The van der Waals surface area contributed by atoms with Crippen molar-refractivity contribution in [2.45, 2.75) is 26.3 Å². The summed E-state index contributed by atoms with van der Waals surface area (Å²) in [5.74, 6) is 0.983. The number of pyridine rings is 1. The van der Waals surface area contributed by atoms with Gasteiger partial charge in [-0.15, -0.1) is 0 Å². The quantitative estimate of drug-likeness (QED) is 0.886. The van der Waals surface area contributed by atoms with Gasteiger partial charge in [-0.3, -0.25) is 4.98 Å². The molecule has 1 aliphatic rings. The summed E-state index contributed by atoms with van der Waals surface area (Å²) in [5.41, 5.74) is 0.920. The van der Waals surface area contributed by atoms with Crippen LogP contribution >= 0.6 is 0 Å². The molecule has 0 saturated carbocycles. The van der Waals surface area contributed by atoms with Gasteiger partial charge in [0.2, 0.25) is 0 Å². The largest absolute Gasteiger partial charge is 0.311 e. The number of hydrogen-bond donors (Lipinski definition) is 1. The fourth-order valence-corrected chi connectivity index (χ4v) is 3.00. The highest BCUT2D eigenvalue weighted by atomic mass is 19.1. The van der Waals surface area contributed by atoms with E-state index < -0.39 is 0 Å². The van der Waals surface area contributed by atoms with Crippen LogP contribution in [0.15, 0.2) is 18.3 Å². The molecular weight excluding hydrogens is 241 g/mol. The third-order valence-corrected chi connectivity index (χ3v) is 4.00. The lowest BCUT2D eigenvalue weighted by atomic mass is 9.98. The fourth-order valence-electron chi connectivity index (χ4n) is 3.00. The third kappa shape index (κ3) is 3.74. The van der Waals surface area contributed by atoms with Crippen LogP contribution in [0.4, 0.5) is 4.39 Å². The zero-order valence-corrected chi connectivity index (χ0v) is 12.1. The van der Waals surface area contributed by atoms with Crippen LogP contribution in [0.5, 0.6) is 0 Å². The van der Waals surface area contributed by atoms with Crippen molar-refractivity contribution in [1.82, 2.24) is 15.2 Å². The predicted octanol–water partition coefficient (Wildman–Crippen LogP) is 2.46. The first-order valence-corrected chi connectivity index (χ1v) is 7.11. The molecule has 0 aliphatic carbocycles. The topological polar surface area (TPSA) is 28.2 Å². The molecule has 1 fully saturated rings. The molecule has 106 valence electrons. The van der Waals surface area contributed by atoms with E-state index in [1.165, 1.54) is 31.8 Å². The minimum absolute atomic E-state index is 0.177. The van der Waals surface area contributed by atoms with E-state index in [0.29, 0.717) is 5.92 Å². The molecule has 1 saturated heterocycles. The summed E-state index contributed by atoms with van der Waals surface area (Å²) in [4.78, 5) is 6.72. The van der Waals surface area contributed by atoms with Crippen LogP contribution in [0.2, 0.25) is 0 Å². The molecule has 2 rings (SSSR count). The molecule has 1 aromatic heterocycles. The van der Waals surface area contributed by atoms with E-state index in [0.717, 1.165) is 18.2 Å². The molecule has 1 aromatic rings. The normalized spacial score (nSPS) is 23.5. The number of likely N-dealkylation sites (tertiary alicyclic amines) is 1. The van der Waals surface area contributed by atoms with E-state index in [1.54, 1.807) is 6.07 Å². The second-order valence-corrected chi connectivity index (χ2v) is 5.80. The first-order valence-electron chi connectivity index (χ1n) is 7.11. The summed E-state index contributed by atoms with van der Waals surface area (Å²) in [5, 5.41) is 3.31. The lowest BCUT2D eigenvalue weighted by Crippen LogP contribution is -2.34. The van der Waals surface area contributed by atoms with Crippen molar-refractivity contribution in [2.75, 3.05) is 26.7 Å². The summed E-state index contributed by atoms with van der Waals surface area (Å²) >= 11 is 0. The molecule has 0 amide bonds. The van der Waals surface area contributed by atoms with Crippen molar-refractivity contribution in [3.63, 3.8) is 0 Å². The molecule has 0 aromatic carbocycles. The van der Waals surface area contributed by atoms with Crippen LogP contribution in [0.25, 0.3) is 0 Å². The lowest BCUT2D eigenvalue weighted by molar-refractivity contribution is 0.245. The standard InChI is InChI=1S/C15H24FN3/c1-11-6-7-19(9-11)10-12(2)15(17-3)14-5-4-13(16)8-18-14/h4-5,8,11-12,15,17H,6-7,9-10H2,1-3H3. The number of hydrogen-bond acceptors (Lipinski definition) is 3. The van der Waals surface area contributed by atoms with Crippen LogP contribution < -0.4 is 5.32 Å². The maximum atomic E-state index is 12.9. The van der Waals surface area contributed by atoms with Gasteiger partial charge >= 0.3 is 0 Å². The highest BCUT2D eigenvalue weighted by Gasteiger charge is 2.25. The van der Waals surface area contributed by atoms with Gasteiger partial charge in [-0.1, -0.05) is 13.8 Å². The molecule has 3 atom stereocenters. The highest BCUT2D eigenvalue weighted by Crippen LogP contribution is 2.23. The van der Waals surface area contributed by atoms with Crippen molar-refractivity contribution in [3.05, 3.63) is 29.8 Å². The van der Waals surface area contributed by atoms with Gasteiger partial charge in [0.05, 0.1) is 17.9 Å². The van der Waals surface area contributed by atoms with Gasteiger partial charge in [-0.05, 0) is 44.0 Å². The molecule has 1 aliphatic heterocycles. The van der Waals surface area contributed by atoms with E-state index >= 15 is 0 Å². The summed E-state index contributed by atoms with van der Waals surface area (Å²) in [6.07, 6.45) is 2.59. The van der Waals surface area contributed by atoms with Crippen LogP contribution in [0.1, 0.15) is 32.0 Å². The SMILES string of the molecule is CNC(c1ccc(F)cn1)C(C)CN1CCC(C)C1. The average molecular weight is 265 g/mol. The summed E-state index contributed by atoms with van der Waals surface area (Å²) in [6.45, 7) is 7.99. The number of nitrogens with zero attached hydrogens (tertiary/aromatic N) is 2. The number of rotatable bonds is 5.